The maximum atomic E-state index is 11.9. The fourth-order valence-corrected chi connectivity index (χ4v) is 2.98. The zero-order chi connectivity index (χ0) is 15.0. The van der Waals surface area contributed by atoms with E-state index >= 15 is 0 Å². The Bertz CT molecular complexity index is 287. The van der Waals surface area contributed by atoms with E-state index in [2.05, 4.69) is 5.32 Å². The van der Waals surface area contributed by atoms with Crippen molar-refractivity contribution >= 4 is 5.97 Å². The van der Waals surface area contributed by atoms with Crippen molar-refractivity contribution in [1.29, 1.82) is 0 Å². The Morgan fingerprint density at radius 1 is 1.30 bits per heavy atom. The first-order chi connectivity index (χ1) is 9.48. The van der Waals surface area contributed by atoms with Gasteiger partial charge in [0.1, 0.15) is 5.54 Å². The van der Waals surface area contributed by atoms with Crippen LogP contribution in [0, 0.1) is 5.92 Å². The van der Waals surface area contributed by atoms with Crippen LogP contribution in [0.1, 0.15) is 59.3 Å². The summed E-state index contributed by atoms with van der Waals surface area (Å²) in [6, 6.07) is 0.234. The molecule has 0 saturated heterocycles. The van der Waals surface area contributed by atoms with Crippen LogP contribution in [0.5, 0.6) is 0 Å². The third-order valence-corrected chi connectivity index (χ3v) is 4.07. The molecule has 1 fully saturated rings. The first kappa shape index (κ1) is 17.4. The van der Waals surface area contributed by atoms with Crippen LogP contribution in [0.3, 0.4) is 0 Å². The smallest absolute Gasteiger partial charge is 0.325 e. The first-order valence-electron chi connectivity index (χ1n) is 7.92. The fourth-order valence-electron chi connectivity index (χ4n) is 2.98. The molecule has 0 radical (unpaired) electrons. The third kappa shape index (κ3) is 5.80. The van der Waals surface area contributed by atoms with E-state index in [-0.39, 0.29) is 12.0 Å². The van der Waals surface area contributed by atoms with Gasteiger partial charge in [0.2, 0.25) is 0 Å². The van der Waals surface area contributed by atoms with Gasteiger partial charge in [-0.15, -0.1) is 0 Å². The molecule has 1 unspecified atom stereocenters. The molecule has 1 aliphatic rings. The van der Waals surface area contributed by atoms with Gasteiger partial charge in [-0.05, 0) is 46.0 Å². The number of nitrogens with one attached hydrogen (secondary N) is 1. The minimum absolute atomic E-state index is 0.215. The molecule has 4 heteroatoms. The molecule has 118 valence electrons. The first-order valence-corrected chi connectivity index (χ1v) is 7.92. The monoisotopic (exact) mass is 285 g/mol. The predicted molar refractivity (Wildman–Crippen MR) is 80.7 cm³/mol. The lowest BCUT2D eigenvalue weighted by atomic mass is 9.90. The van der Waals surface area contributed by atoms with Gasteiger partial charge in [-0.2, -0.15) is 0 Å². The predicted octanol–water partition coefficient (Wildman–Crippen LogP) is 2.90. The van der Waals surface area contributed by atoms with Crippen LogP contribution < -0.4 is 5.32 Å². The summed E-state index contributed by atoms with van der Waals surface area (Å²) in [4.78, 5) is 11.9. The number of carbonyl (C=O) groups is 1. The van der Waals surface area contributed by atoms with Crippen molar-refractivity contribution in [3.05, 3.63) is 0 Å². The lowest BCUT2D eigenvalue weighted by Gasteiger charge is -2.30. The molecule has 1 saturated carbocycles. The Hall–Kier alpha value is -0.610. The van der Waals surface area contributed by atoms with Gasteiger partial charge in [0.05, 0.1) is 7.11 Å². The Balaban J connectivity index is 2.32. The van der Waals surface area contributed by atoms with E-state index in [4.69, 9.17) is 9.47 Å². The topological polar surface area (TPSA) is 47.6 Å². The van der Waals surface area contributed by atoms with Gasteiger partial charge in [-0.25, -0.2) is 0 Å². The minimum atomic E-state index is -0.657. The van der Waals surface area contributed by atoms with Crippen LogP contribution >= 0.6 is 0 Å². The summed E-state index contributed by atoms with van der Waals surface area (Å²) >= 11 is 0. The van der Waals surface area contributed by atoms with Gasteiger partial charge in [0.15, 0.2) is 0 Å². The average Bonchev–Trinajstić information content (AvgIpc) is 2.43. The Morgan fingerprint density at radius 2 is 1.95 bits per heavy atom. The lowest BCUT2D eigenvalue weighted by molar-refractivity contribution is -0.149. The molecule has 0 aromatic rings. The zero-order valence-electron chi connectivity index (χ0n) is 13.5. The van der Waals surface area contributed by atoms with E-state index < -0.39 is 5.54 Å². The molecule has 1 rings (SSSR count). The van der Waals surface area contributed by atoms with E-state index in [0.29, 0.717) is 18.9 Å². The maximum absolute atomic E-state index is 11.9. The zero-order valence-corrected chi connectivity index (χ0v) is 13.5. The van der Waals surface area contributed by atoms with Gasteiger partial charge >= 0.3 is 5.97 Å². The summed E-state index contributed by atoms with van der Waals surface area (Å²) in [6.45, 7) is 7.39. The molecule has 0 heterocycles. The highest BCUT2D eigenvalue weighted by atomic mass is 16.5. The number of methoxy groups -OCH3 is 1. The normalized spacial score (nSPS) is 19.9. The molecular formula is C16H31NO3. The van der Waals surface area contributed by atoms with E-state index in [1.807, 2.05) is 20.8 Å². The molecule has 0 bridgehead atoms. The van der Waals surface area contributed by atoms with E-state index in [1.54, 1.807) is 0 Å². The van der Waals surface area contributed by atoms with Gasteiger partial charge in [-0.1, -0.05) is 19.3 Å². The van der Waals surface area contributed by atoms with Crippen molar-refractivity contribution in [2.24, 2.45) is 5.92 Å². The van der Waals surface area contributed by atoms with Crippen LogP contribution in [0.4, 0.5) is 0 Å². The summed E-state index contributed by atoms with van der Waals surface area (Å²) < 4.78 is 10.7. The molecule has 1 N–H and O–H groups in total. The van der Waals surface area contributed by atoms with Crippen LogP contribution in [-0.2, 0) is 14.3 Å². The number of rotatable bonds is 8. The number of ether oxygens (including phenoxy) is 2. The number of esters is 1. The van der Waals surface area contributed by atoms with Crippen LogP contribution in [0.25, 0.3) is 0 Å². The van der Waals surface area contributed by atoms with Crippen molar-refractivity contribution in [1.82, 2.24) is 5.32 Å². The standard InChI is InChI=1S/C16H31NO3/c1-13(2)17-16(3,15(18)19-4)10-11-20-12-14-8-6-5-7-9-14/h13-14,17H,5-12H2,1-4H3. The Kier molecular flexibility index (Phi) is 7.52. The average molecular weight is 285 g/mol. The number of hydrogen-bond acceptors (Lipinski definition) is 4. The Labute approximate surface area is 123 Å². The second-order valence-corrected chi connectivity index (χ2v) is 6.45. The second kappa shape index (κ2) is 8.63. The quantitative estimate of drug-likeness (QED) is 0.550. The summed E-state index contributed by atoms with van der Waals surface area (Å²) in [5.41, 5.74) is -0.657. The summed E-state index contributed by atoms with van der Waals surface area (Å²) in [5.74, 6) is 0.499. The van der Waals surface area contributed by atoms with Crippen molar-refractivity contribution in [3.8, 4) is 0 Å². The van der Waals surface area contributed by atoms with Gasteiger partial charge in [0, 0.05) is 19.3 Å². The molecule has 20 heavy (non-hydrogen) atoms. The third-order valence-electron chi connectivity index (χ3n) is 4.07. The van der Waals surface area contributed by atoms with E-state index in [1.165, 1.54) is 39.2 Å². The van der Waals surface area contributed by atoms with Gasteiger partial charge in [-0.3, -0.25) is 10.1 Å². The van der Waals surface area contributed by atoms with Crippen molar-refractivity contribution in [3.63, 3.8) is 0 Å². The van der Waals surface area contributed by atoms with Gasteiger partial charge < -0.3 is 9.47 Å². The highest BCUT2D eigenvalue weighted by Crippen LogP contribution is 2.24. The summed E-state index contributed by atoms with van der Waals surface area (Å²) in [6.07, 6.45) is 7.27. The van der Waals surface area contributed by atoms with Crippen molar-refractivity contribution in [2.45, 2.75) is 70.9 Å². The van der Waals surface area contributed by atoms with Crippen LogP contribution in [0.15, 0.2) is 0 Å². The molecule has 0 aromatic heterocycles. The molecular weight excluding hydrogens is 254 g/mol. The van der Waals surface area contributed by atoms with E-state index in [0.717, 1.165) is 6.61 Å². The molecule has 4 nitrogen and oxygen atoms in total. The fraction of sp³-hybridized carbons (Fsp3) is 0.938. The molecule has 0 amide bonds. The highest BCUT2D eigenvalue weighted by molar-refractivity contribution is 5.80. The largest absolute Gasteiger partial charge is 0.468 e. The van der Waals surface area contributed by atoms with Crippen molar-refractivity contribution in [2.75, 3.05) is 20.3 Å². The minimum Gasteiger partial charge on any atom is -0.468 e. The molecule has 1 atom stereocenters. The van der Waals surface area contributed by atoms with E-state index in [9.17, 15) is 4.79 Å². The number of hydrogen-bond donors (Lipinski definition) is 1. The Morgan fingerprint density at radius 3 is 2.50 bits per heavy atom. The molecule has 0 spiro atoms. The maximum Gasteiger partial charge on any atom is 0.325 e. The molecule has 1 aliphatic carbocycles. The van der Waals surface area contributed by atoms with Gasteiger partial charge in [0.25, 0.3) is 0 Å². The second-order valence-electron chi connectivity index (χ2n) is 6.45. The summed E-state index contributed by atoms with van der Waals surface area (Å²) in [7, 11) is 1.44. The lowest BCUT2D eigenvalue weighted by Crippen LogP contribution is -2.53. The highest BCUT2D eigenvalue weighted by Gasteiger charge is 2.34. The molecule has 0 aromatic carbocycles. The van der Waals surface area contributed by atoms with Crippen LogP contribution in [-0.4, -0.2) is 37.9 Å². The molecule has 0 aliphatic heterocycles. The number of carbonyl (C=O) groups excluding carboxylic acids is 1. The summed E-state index contributed by atoms with van der Waals surface area (Å²) in [5, 5.41) is 3.29. The SMILES string of the molecule is COC(=O)C(C)(CCOCC1CCCCC1)NC(C)C. The van der Waals surface area contributed by atoms with Crippen molar-refractivity contribution < 1.29 is 14.3 Å². The van der Waals surface area contributed by atoms with Crippen LogP contribution in [0.2, 0.25) is 0 Å².